The van der Waals surface area contributed by atoms with Crippen LogP contribution in [0.5, 0.6) is 0 Å². The fourth-order valence-electron chi connectivity index (χ4n) is 2.66. The van der Waals surface area contributed by atoms with Crippen molar-refractivity contribution >= 4 is 17.4 Å². The van der Waals surface area contributed by atoms with Crippen molar-refractivity contribution in [2.75, 3.05) is 0 Å². The minimum atomic E-state index is 0.121. The second-order valence-electron chi connectivity index (χ2n) is 5.28. The van der Waals surface area contributed by atoms with Gasteiger partial charge >= 0.3 is 0 Å². The van der Waals surface area contributed by atoms with E-state index in [9.17, 15) is 4.79 Å². The summed E-state index contributed by atoms with van der Waals surface area (Å²) in [7, 11) is 0. The molecule has 1 unspecified atom stereocenters. The standard InChI is InChI=1S/C14H17ClO/c1-14(2)9-5-7-11(14)13(16)10-6-3-4-8-12(10)15/h3-4,6,8,11H,5,7,9H2,1-2H3. The van der Waals surface area contributed by atoms with E-state index in [1.807, 2.05) is 18.2 Å². The molecule has 86 valence electrons. The van der Waals surface area contributed by atoms with Crippen molar-refractivity contribution in [3.8, 4) is 0 Å². The number of hydrogen-bond acceptors (Lipinski definition) is 1. The van der Waals surface area contributed by atoms with Crippen molar-refractivity contribution < 1.29 is 4.79 Å². The van der Waals surface area contributed by atoms with E-state index in [1.54, 1.807) is 6.07 Å². The second kappa shape index (κ2) is 4.21. The van der Waals surface area contributed by atoms with Gasteiger partial charge in [0.2, 0.25) is 0 Å². The molecule has 0 N–H and O–H groups in total. The lowest BCUT2D eigenvalue weighted by Crippen LogP contribution is -2.26. The molecule has 0 aromatic heterocycles. The molecule has 16 heavy (non-hydrogen) atoms. The summed E-state index contributed by atoms with van der Waals surface area (Å²) < 4.78 is 0. The Bertz CT molecular complexity index is 409. The Morgan fingerprint density at radius 2 is 2.06 bits per heavy atom. The number of hydrogen-bond donors (Lipinski definition) is 0. The minimum Gasteiger partial charge on any atom is -0.294 e. The number of carbonyl (C=O) groups is 1. The van der Waals surface area contributed by atoms with Crippen molar-refractivity contribution in [3.05, 3.63) is 34.9 Å². The molecule has 0 aliphatic heterocycles. The van der Waals surface area contributed by atoms with Crippen LogP contribution in [0.2, 0.25) is 5.02 Å². The molecule has 0 heterocycles. The number of carbonyl (C=O) groups excluding carboxylic acids is 1. The predicted molar refractivity (Wildman–Crippen MR) is 66.9 cm³/mol. The fourth-order valence-corrected chi connectivity index (χ4v) is 2.89. The maximum atomic E-state index is 12.4. The molecule has 1 saturated carbocycles. The van der Waals surface area contributed by atoms with Gasteiger partial charge in [0.1, 0.15) is 0 Å². The zero-order valence-corrected chi connectivity index (χ0v) is 10.6. The van der Waals surface area contributed by atoms with Gasteiger partial charge < -0.3 is 0 Å². The molecule has 0 spiro atoms. The molecule has 1 aromatic rings. The Hall–Kier alpha value is -0.820. The second-order valence-corrected chi connectivity index (χ2v) is 5.68. The molecule has 0 amide bonds. The average Bonchev–Trinajstić information content (AvgIpc) is 2.58. The van der Waals surface area contributed by atoms with Crippen molar-refractivity contribution in [2.24, 2.45) is 11.3 Å². The summed E-state index contributed by atoms with van der Waals surface area (Å²) in [4.78, 5) is 12.4. The molecular weight excluding hydrogens is 220 g/mol. The predicted octanol–water partition coefficient (Wildman–Crippen LogP) is 4.35. The van der Waals surface area contributed by atoms with Crippen LogP contribution >= 0.6 is 11.6 Å². The molecule has 1 nitrogen and oxygen atoms in total. The normalized spacial score (nSPS) is 23.3. The molecule has 1 fully saturated rings. The van der Waals surface area contributed by atoms with Gasteiger partial charge in [0.05, 0.1) is 5.02 Å². The molecule has 1 aromatic carbocycles. The van der Waals surface area contributed by atoms with Crippen LogP contribution in [0.25, 0.3) is 0 Å². The maximum Gasteiger partial charge on any atom is 0.167 e. The third-order valence-electron chi connectivity index (χ3n) is 3.71. The average molecular weight is 237 g/mol. The Balaban J connectivity index is 2.30. The van der Waals surface area contributed by atoms with Crippen LogP contribution in [0.4, 0.5) is 0 Å². The van der Waals surface area contributed by atoms with Crippen LogP contribution in [-0.2, 0) is 0 Å². The first-order chi connectivity index (χ1) is 7.52. The number of halogens is 1. The number of benzene rings is 1. The van der Waals surface area contributed by atoms with Crippen molar-refractivity contribution in [1.29, 1.82) is 0 Å². The molecule has 0 bridgehead atoms. The highest BCUT2D eigenvalue weighted by Crippen LogP contribution is 2.44. The summed E-state index contributed by atoms with van der Waals surface area (Å²) in [5.74, 6) is 0.348. The van der Waals surface area contributed by atoms with Gasteiger partial charge in [-0.1, -0.05) is 44.0 Å². The summed E-state index contributed by atoms with van der Waals surface area (Å²) in [5.41, 5.74) is 0.806. The van der Waals surface area contributed by atoms with Crippen molar-refractivity contribution in [2.45, 2.75) is 33.1 Å². The monoisotopic (exact) mass is 236 g/mol. The molecule has 1 aliphatic rings. The van der Waals surface area contributed by atoms with Gasteiger partial charge in [-0.05, 0) is 30.4 Å². The van der Waals surface area contributed by atoms with Crippen LogP contribution < -0.4 is 0 Å². The first kappa shape index (κ1) is 11.7. The molecule has 0 saturated heterocycles. The lowest BCUT2D eigenvalue weighted by atomic mass is 9.78. The van der Waals surface area contributed by atoms with E-state index < -0.39 is 0 Å². The number of rotatable bonds is 2. The maximum absolute atomic E-state index is 12.4. The van der Waals surface area contributed by atoms with E-state index in [1.165, 1.54) is 0 Å². The minimum absolute atomic E-state index is 0.121. The van der Waals surface area contributed by atoms with Crippen LogP contribution in [0.15, 0.2) is 24.3 Å². The van der Waals surface area contributed by atoms with Gasteiger partial charge in [-0.3, -0.25) is 4.79 Å². The zero-order valence-electron chi connectivity index (χ0n) is 9.79. The SMILES string of the molecule is CC1(C)CCCC1C(=O)c1ccccc1Cl. The summed E-state index contributed by atoms with van der Waals surface area (Å²) >= 11 is 6.07. The third-order valence-corrected chi connectivity index (χ3v) is 4.04. The first-order valence-electron chi connectivity index (χ1n) is 5.81. The molecule has 2 rings (SSSR count). The molecule has 0 radical (unpaired) electrons. The summed E-state index contributed by atoms with van der Waals surface area (Å²) in [6, 6.07) is 7.36. The lowest BCUT2D eigenvalue weighted by molar-refractivity contribution is 0.0839. The number of Topliss-reactive ketones (excluding diaryl/α,β-unsaturated/α-hetero) is 1. The van der Waals surface area contributed by atoms with Gasteiger partial charge in [-0.2, -0.15) is 0 Å². The van der Waals surface area contributed by atoms with Crippen LogP contribution in [0.1, 0.15) is 43.5 Å². The Kier molecular flexibility index (Phi) is 3.07. The molecule has 2 heteroatoms. The van der Waals surface area contributed by atoms with Gasteiger partial charge in [0.15, 0.2) is 5.78 Å². The van der Waals surface area contributed by atoms with Crippen LogP contribution in [0, 0.1) is 11.3 Å². The Labute approximate surface area is 102 Å². The van der Waals surface area contributed by atoms with Crippen LogP contribution in [-0.4, -0.2) is 5.78 Å². The summed E-state index contributed by atoms with van der Waals surface area (Å²) in [6.07, 6.45) is 3.28. The zero-order chi connectivity index (χ0) is 11.8. The molecule has 1 aliphatic carbocycles. The van der Waals surface area contributed by atoms with Crippen molar-refractivity contribution in [3.63, 3.8) is 0 Å². The fraction of sp³-hybridized carbons (Fsp3) is 0.500. The van der Waals surface area contributed by atoms with E-state index in [0.29, 0.717) is 10.6 Å². The third kappa shape index (κ3) is 2.01. The highest BCUT2D eigenvalue weighted by atomic mass is 35.5. The van der Waals surface area contributed by atoms with Crippen LogP contribution in [0.3, 0.4) is 0 Å². The summed E-state index contributed by atoms with van der Waals surface area (Å²) in [5, 5.41) is 0.579. The van der Waals surface area contributed by atoms with Gasteiger partial charge in [0, 0.05) is 11.5 Å². The molecule has 1 atom stereocenters. The highest BCUT2D eigenvalue weighted by Gasteiger charge is 2.39. The quantitative estimate of drug-likeness (QED) is 0.698. The van der Waals surface area contributed by atoms with E-state index >= 15 is 0 Å². The van der Waals surface area contributed by atoms with Gasteiger partial charge in [0.25, 0.3) is 0 Å². The smallest absolute Gasteiger partial charge is 0.167 e. The van der Waals surface area contributed by atoms with Gasteiger partial charge in [-0.15, -0.1) is 0 Å². The Morgan fingerprint density at radius 3 is 2.62 bits per heavy atom. The summed E-state index contributed by atoms with van der Waals surface area (Å²) in [6.45, 7) is 4.36. The highest BCUT2D eigenvalue weighted by molar-refractivity contribution is 6.34. The largest absolute Gasteiger partial charge is 0.294 e. The first-order valence-corrected chi connectivity index (χ1v) is 6.19. The van der Waals surface area contributed by atoms with E-state index in [4.69, 9.17) is 11.6 Å². The van der Waals surface area contributed by atoms with Gasteiger partial charge in [-0.25, -0.2) is 0 Å². The van der Waals surface area contributed by atoms with E-state index in [-0.39, 0.29) is 17.1 Å². The van der Waals surface area contributed by atoms with E-state index in [2.05, 4.69) is 13.8 Å². The van der Waals surface area contributed by atoms with E-state index in [0.717, 1.165) is 19.3 Å². The Morgan fingerprint density at radius 1 is 1.38 bits per heavy atom. The number of ketones is 1. The lowest BCUT2D eigenvalue weighted by Gasteiger charge is -2.25. The van der Waals surface area contributed by atoms with Crippen molar-refractivity contribution in [1.82, 2.24) is 0 Å². The molecular formula is C14H17ClO. The topological polar surface area (TPSA) is 17.1 Å².